The first-order valence-corrected chi connectivity index (χ1v) is 8.85. The van der Waals surface area contributed by atoms with Crippen LogP contribution >= 0.6 is 0 Å². The molecule has 2 N–H and O–H groups in total. The molecule has 0 radical (unpaired) electrons. The van der Waals surface area contributed by atoms with Crippen LogP contribution in [0, 0.1) is 5.92 Å². The number of amides is 2. The second-order valence-electron chi connectivity index (χ2n) is 5.72. The average Bonchev–Trinajstić information content (AvgIpc) is 2.46. The molecule has 0 spiro atoms. The van der Waals surface area contributed by atoms with E-state index in [2.05, 4.69) is 5.32 Å². The molecule has 1 rings (SSSR count). The lowest BCUT2D eigenvalue weighted by Crippen LogP contribution is -2.47. The number of hydrogen-bond acceptors (Lipinski definition) is 3. The number of carbonyl (C=O) groups is 2. The van der Waals surface area contributed by atoms with Crippen LogP contribution in [0.25, 0.3) is 0 Å². The number of carboxylic acid groups (broad SMARTS) is 1. The fourth-order valence-corrected chi connectivity index (χ4v) is 3.96. The van der Waals surface area contributed by atoms with Crippen LogP contribution in [0.5, 0.6) is 0 Å². The van der Waals surface area contributed by atoms with Gasteiger partial charge < -0.3 is 15.3 Å². The number of nitrogens with zero attached hydrogens (tertiary/aromatic N) is 1. The molecule has 1 fully saturated rings. The third kappa shape index (κ3) is 5.65. The number of carbonyl (C=O) groups excluding carboxylic acids is 1. The number of hydrogen-bond donors (Lipinski definition) is 2. The van der Waals surface area contributed by atoms with Crippen molar-refractivity contribution in [1.82, 2.24) is 10.2 Å². The van der Waals surface area contributed by atoms with Gasteiger partial charge in [0.25, 0.3) is 0 Å². The van der Waals surface area contributed by atoms with Crippen molar-refractivity contribution in [3.8, 4) is 0 Å². The van der Waals surface area contributed by atoms with Crippen LogP contribution < -0.4 is 5.32 Å². The Morgan fingerprint density at radius 3 is 2.67 bits per heavy atom. The van der Waals surface area contributed by atoms with E-state index >= 15 is 0 Å². The summed E-state index contributed by atoms with van der Waals surface area (Å²) in [6, 6.07) is -0.217. The number of carboxylic acids is 1. The highest BCUT2D eigenvalue weighted by molar-refractivity contribution is 7.85. The van der Waals surface area contributed by atoms with Crippen molar-refractivity contribution < 1.29 is 18.9 Å². The summed E-state index contributed by atoms with van der Waals surface area (Å²) in [5.41, 5.74) is 0. The average molecular weight is 318 g/mol. The molecule has 6 nitrogen and oxygen atoms in total. The summed E-state index contributed by atoms with van der Waals surface area (Å²) >= 11 is 0. The molecular weight excluding hydrogens is 292 g/mol. The van der Waals surface area contributed by atoms with Gasteiger partial charge in [0.15, 0.2) is 0 Å². The van der Waals surface area contributed by atoms with E-state index in [0.29, 0.717) is 5.75 Å². The van der Waals surface area contributed by atoms with Gasteiger partial charge in [0.2, 0.25) is 0 Å². The van der Waals surface area contributed by atoms with E-state index in [4.69, 9.17) is 5.11 Å². The number of rotatable bonds is 6. The number of nitrogens with one attached hydrogen (secondary N) is 1. The minimum absolute atomic E-state index is 0.0364. The van der Waals surface area contributed by atoms with Crippen LogP contribution in [0.3, 0.4) is 0 Å². The first kappa shape index (κ1) is 17.9. The number of urea groups is 1. The Balaban J connectivity index is 2.46. The van der Waals surface area contributed by atoms with E-state index in [1.165, 1.54) is 4.90 Å². The minimum Gasteiger partial charge on any atom is -0.481 e. The summed E-state index contributed by atoms with van der Waals surface area (Å²) in [4.78, 5) is 24.3. The van der Waals surface area contributed by atoms with Gasteiger partial charge in [0, 0.05) is 41.4 Å². The van der Waals surface area contributed by atoms with Gasteiger partial charge in [0.1, 0.15) is 0 Å². The van der Waals surface area contributed by atoms with Gasteiger partial charge in [-0.05, 0) is 19.3 Å². The van der Waals surface area contributed by atoms with Crippen molar-refractivity contribution in [2.75, 3.05) is 19.3 Å². The predicted molar refractivity (Wildman–Crippen MR) is 82.7 cm³/mol. The smallest absolute Gasteiger partial charge is 0.317 e. The summed E-state index contributed by atoms with van der Waals surface area (Å²) in [6.07, 6.45) is 3.56. The van der Waals surface area contributed by atoms with Crippen molar-refractivity contribution in [2.24, 2.45) is 5.92 Å². The first-order valence-electron chi connectivity index (χ1n) is 7.46. The van der Waals surface area contributed by atoms with Crippen molar-refractivity contribution in [3.63, 3.8) is 0 Å². The molecule has 1 saturated carbocycles. The molecule has 0 aromatic carbocycles. The van der Waals surface area contributed by atoms with Crippen molar-refractivity contribution in [3.05, 3.63) is 0 Å². The lowest BCUT2D eigenvalue weighted by Gasteiger charge is -2.31. The first-order chi connectivity index (χ1) is 9.85. The molecule has 4 atom stereocenters. The Hall–Kier alpha value is -1.11. The maximum absolute atomic E-state index is 12.1. The molecule has 2 amide bonds. The van der Waals surface area contributed by atoms with Gasteiger partial charge >= 0.3 is 12.0 Å². The van der Waals surface area contributed by atoms with Crippen LogP contribution in [-0.2, 0) is 15.6 Å². The molecule has 0 aromatic rings. The molecule has 4 unspecified atom stereocenters. The zero-order valence-corrected chi connectivity index (χ0v) is 13.8. The maximum atomic E-state index is 12.1. The van der Waals surface area contributed by atoms with Crippen molar-refractivity contribution in [2.45, 2.75) is 50.8 Å². The van der Waals surface area contributed by atoms with E-state index < -0.39 is 22.7 Å². The minimum atomic E-state index is -0.911. The molecule has 21 heavy (non-hydrogen) atoms. The normalized spacial score (nSPS) is 24.9. The third-order valence-electron chi connectivity index (χ3n) is 3.93. The standard InChI is InChI=1S/C14H26N2O4S/c1-4-21(20)12-7-5-6-11(8-12)15-14(19)16(3)9-10(2)13(17)18/h10-12H,4-9H2,1-3H3,(H,15,19)(H,17,18). The number of aliphatic carboxylic acids is 1. The zero-order valence-electron chi connectivity index (χ0n) is 13.0. The Labute approximate surface area is 128 Å². The van der Waals surface area contributed by atoms with E-state index in [1.807, 2.05) is 6.92 Å². The summed E-state index contributed by atoms with van der Waals surface area (Å²) in [5.74, 6) is -0.848. The van der Waals surface area contributed by atoms with Crippen molar-refractivity contribution >= 4 is 22.8 Å². The summed E-state index contributed by atoms with van der Waals surface area (Å²) < 4.78 is 11.9. The molecule has 1 aliphatic rings. The maximum Gasteiger partial charge on any atom is 0.317 e. The second-order valence-corrected chi connectivity index (χ2v) is 7.73. The van der Waals surface area contributed by atoms with Crippen LogP contribution in [0.15, 0.2) is 0 Å². The fraction of sp³-hybridized carbons (Fsp3) is 0.857. The lowest BCUT2D eigenvalue weighted by molar-refractivity contribution is -0.141. The SMILES string of the molecule is CCS(=O)C1CCCC(NC(=O)N(C)CC(C)C(=O)O)C1. The van der Waals surface area contributed by atoms with Crippen LogP contribution in [0.4, 0.5) is 4.79 Å². The fourth-order valence-electron chi connectivity index (χ4n) is 2.61. The highest BCUT2D eigenvalue weighted by atomic mass is 32.2. The van der Waals surface area contributed by atoms with Gasteiger partial charge in [-0.2, -0.15) is 0 Å². The van der Waals surface area contributed by atoms with Crippen LogP contribution in [-0.4, -0.2) is 56.9 Å². The molecule has 0 heterocycles. The Bertz CT molecular complexity index is 402. The summed E-state index contributed by atoms with van der Waals surface area (Å²) in [7, 11) is 0.779. The molecule has 7 heteroatoms. The van der Waals surface area contributed by atoms with Crippen LogP contribution in [0.2, 0.25) is 0 Å². The molecule has 122 valence electrons. The Kier molecular flexibility index (Phi) is 7.14. The van der Waals surface area contributed by atoms with Crippen LogP contribution in [0.1, 0.15) is 39.5 Å². The molecular formula is C14H26N2O4S. The topological polar surface area (TPSA) is 86.7 Å². The highest BCUT2D eigenvalue weighted by Crippen LogP contribution is 2.23. The van der Waals surface area contributed by atoms with Gasteiger partial charge in [0.05, 0.1) is 5.92 Å². The van der Waals surface area contributed by atoms with Gasteiger partial charge in [-0.15, -0.1) is 0 Å². The monoisotopic (exact) mass is 318 g/mol. The molecule has 0 saturated heterocycles. The van der Waals surface area contributed by atoms with E-state index in [-0.39, 0.29) is 23.9 Å². The molecule has 0 aromatic heterocycles. The Morgan fingerprint density at radius 1 is 1.43 bits per heavy atom. The zero-order chi connectivity index (χ0) is 16.0. The Morgan fingerprint density at radius 2 is 2.10 bits per heavy atom. The summed E-state index contributed by atoms with van der Waals surface area (Å²) in [6.45, 7) is 3.67. The van der Waals surface area contributed by atoms with Gasteiger partial charge in [-0.1, -0.05) is 20.3 Å². The van der Waals surface area contributed by atoms with Gasteiger partial charge in [-0.25, -0.2) is 4.79 Å². The largest absolute Gasteiger partial charge is 0.481 e. The molecule has 0 aliphatic heterocycles. The lowest BCUT2D eigenvalue weighted by atomic mass is 9.95. The van der Waals surface area contributed by atoms with Crippen molar-refractivity contribution in [1.29, 1.82) is 0 Å². The van der Waals surface area contributed by atoms with Gasteiger partial charge in [-0.3, -0.25) is 9.00 Å². The quantitative estimate of drug-likeness (QED) is 0.775. The van der Waals surface area contributed by atoms with E-state index in [0.717, 1.165) is 25.7 Å². The third-order valence-corrected chi connectivity index (χ3v) is 5.67. The van der Waals surface area contributed by atoms with E-state index in [9.17, 15) is 13.8 Å². The highest BCUT2D eigenvalue weighted by Gasteiger charge is 2.27. The molecule has 1 aliphatic carbocycles. The second kappa shape index (κ2) is 8.36. The molecule has 0 bridgehead atoms. The predicted octanol–water partition coefficient (Wildman–Crippen LogP) is 1.43. The summed E-state index contributed by atoms with van der Waals surface area (Å²) in [5, 5.41) is 12.0. The van der Waals surface area contributed by atoms with E-state index in [1.54, 1.807) is 14.0 Å².